The summed E-state index contributed by atoms with van der Waals surface area (Å²) in [6.45, 7) is 3.25. The van der Waals surface area contributed by atoms with E-state index in [1.165, 1.54) is 14.4 Å². The molecule has 2 heterocycles. The molecule has 2 aromatic rings. The predicted molar refractivity (Wildman–Crippen MR) is 101 cm³/mol. The van der Waals surface area contributed by atoms with Crippen molar-refractivity contribution < 1.29 is 8.42 Å². The van der Waals surface area contributed by atoms with Crippen LogP contribution >= 0.6 is 0 Å². The van der Waals surface area contributed by atoms with Gasteiger partial charge in [-0.1, -0.05) is 30.3 Å². The summed E-state index contributed by atoms with van der Waals surface area (Å²) < 4.78 is 29.8. The minimum Gasteiger partial charge on any atom is -0.279 e. The zero-order valence-corrected chi connectivity index (χ0v) is 15.9. The van der Waals surface area contributed by atoms with Gasteiger partial charge in [-0.05, 0) is 31.4 Å². The molecule has 0 radical (unpaired) electrons. The summed E-state index contributed by atoms with van der Waals surface area (Å²) >= 11 is 0. The number of sulfonamides is 1. The van der Waals surface area contributed by atoms with E-state index in [9.17, 15) is 13.2 Å². The summed E-state index contributed by atoms with van der Waals surface area (Å²) in [7, 11) is -1.89. The van der Waals surface area contributed by atoms with Crippen LogP contribution < -0.4 is 5.69 Å². The van der Waals surface area contributed by atoms with E-state index in [1.54, 1.807) is 17.7 Å². The number of piperidine rings is 1. The number of hydrogen-bond donors (Lipinski definition) is 0. The lowest BCUT2D eigenvalue weighted by Gasteiger charge is -2.30. The maximum absolute atomic E-state index is 12.7. The first-order chi connectivity index (χ1) is 12.4. The van der Waals surface area contributed by atoms with E-state index in [2.05, 4.69) is 5.10 Å². The van der Waals surface area contributed by atoms with E-state index in [0.717, 1.165) is 18.4 Å². The van der Waals surface area contributed by atoms with Crippen molar-refractivity contribution >= 4 is 16.1 Å². The van der Waals surface area contributed by atoms with Gasteiger partial charge in [-0.3, -0.25) is 4.57 Å². The van der Waals surface area contributed by atoms with Crippen LogP contribution in [-0.4, -0.2) is 40.2 Å². The molecule has 0 unspecified atom stereocenters. The van der Waals surface area contributed by atoms with Crippen molar-refractivity contribution in [2.45, 2.75) is 32.2 Å². The Balaban J connectivity index is 1.81. The molecule has 0 N–H and O–H groups in total. The quantitative estimate of drug-likeness (QED) is 0.797. The summed E-state index contributed by atoms with van der Waals surface area (Å²) in [5, 5.41) is 5.60. The van der Waals surface area contributed by atoms with Crippen LogP contribution in [0.4, 0.5) is 0 Å². The van der Waals surface area contributed by atoms with Gasteiger partial charge < -0.3 is 0 Å². The van der Waals surface area contributed by atoms with E-state index in [0.29, 0.717) is 25.5 Å². The molecule has 1 saturated heterocycles. The largest absolute Gasteiger partial charge is 0.345 e. The van der Waals surface area contributed by atoms with Gasteiger partial charge in [-0.15, -0.1) is 0 Å². The Kier molecular flexibility index (Phi) is 5.43. The topological polar surface area (TPSA) is 77.2 Å². The van der Waals surface area contributed by atoms with Crippen LogP contribution in [0.25, 0.3) is 6.08 Å². The number of nitrogens with zero attached hydrogens (tertiary/aromatic N) is 4. The van der Waals surface area contributed by atoms with Gasteiger partial charge in [0.25, 0.3) is 0 Å². The molecule has 1 aliphatic heterocycles. The SMILES string of the molecule is CCn1c([C@@H]2CCCN(S(=O)(=O)/C=C/c3ccccc3)C2)nn(C)c1=O. The molecular weight excluding hydrogens is 352 g/mol. The molecule has 140 valence electrons. The molecule has 1 atom stereocenters. The van der Waals surface area contributed by atoms with Gasteiger partial charge in [0.15, 0.2) is 0 Å². The van der Waals surface area contributed by atoms with E-state index in [4.69, 9.17) is 0 Å². The second-order valence-corrected chi connectivity index (χ2v) is 8.28. The summed E-state index contributed by atoms with van der Waals surface area (Å²) in [5.41, 5.74) is 0.681. The van der Waals surface area contributed by atoms with Gasteiger partial charge in [-0.25, -0.2) is 17.9 Å². The predicted octanol–water partition coefficient (Wildman–Crippen LogP) is 1.78. The molecule has 1 aromatic heterocycles. The normalized spacial score (nSPS) is 19.2. The van der Waals surface area contributed by atoms with Crippen molar-refractivity contribution in [1.29, 1.82) is 0 Å². The fourth-order valence-electron chi connectivity index (χ4n) is 3.32. The second kappa shape index (κ2) is 7.59. The first-order valence-corrected chi connectivity index (χ1v) is 10.3. The van der Waals surface area contributed by atoms with Gasteiger partial charge in [0.1, 0.15) is 5.82 Å². The summed E-state index contributed by atoms with van der Waals surface area (Å²) in [4.78, 5) is 12.1. The maximum atomic E-state index is 12.7. The Bertz CT molecular complexity index is 945. The van der Waals surface area contributed by atoms with Crippen LogP contribution in [0.1, 0.15) is 37.1 Å². The van der Waals surface area contributed by atoms with Gasteiger partial charge in [0.05, 0.1) is 0 Å². The molecule has 8 heteroatoms. The lowest BCUT2D eigenvalue weighted by molar-refractivity contribution is 0.307. The van der Waals surface area contributed by atoms with Crippen LogP contribution in [0, 0.1) is 0 Å². The van der Waals surface area contributed by atoms with Crippen LogP contribution in [0.5, 0.6) is 0 Å². The molecule has 7 nitrogen and oxygen atoms in total. The highest BCUT2D eigenvalue weighted by molar-refractivity contribution is 7.92. The number of rotatable bonds is 5. The molecule has 0 aliphatic carbocycles. The van der Waals surface area contributed by atoms with Crippen LogP contribution in [0.3, 0.4) is 0 Å². The third-order valence-corrected chi connectivity index (χ3v) is 6.23. The Morgan fingerprint density at radius 3 is 2.69 bits per heavy atom. The molecule has 0 bridgehead atoms. The number of benzene rings is 1. The van der Waals surface area contributed by atoms with Gasteiger partial charge in [-0.2, -0.15) is 9.40 Å². The van der Waals surface area contributed by atoms with E-state index in [1.807, 2.05) is 37.3 Å². The smallest absolute Gasteiger partial charge is 0.279 e. The first kappa shape index (κ1) is 18.6. The van der Waals surface area contributed by atoms with Crippen molar-refractivity contribution in [2.75, 3.05) is 13.1 Å². The summed E-state index contributed by atoms with van der Waals surface area (Å²) in [6.07, 6.45) is 3.18. The minimum absolute atomic E-state index is 0.0718. The summed E-state index contributed by atoms with van der Waals surface area (Å²) in [5.74, 6) is 0.601. The lowest BCUT2D eigenvalue weighted by atomic mass is 9.99. The Morgan fingerprint density at radius 2 is 2.00 bits per heavy atom. The fourth-order valence-corrected chi connectivity index (χ4v) is 4.59. The average Bonchev–Trinajstić information content (AvgIpc) is 2.95. The minimum atomic E-state index is -3.51. The monoisotopic (exact) mass is 376 g/mol. The van der Waals surface area contributed by atoms with Gasteiger partial charge in [0.2, 0.25) is 10.0 Å². The molecular formula is C18H24N4O3S. The third kappa shape index (κ3) is 3.81. The van der Waals surface area contributed by atoms with Crippen molar-refractivity contribution in [3.8, 4) is 0 Å². The average molecular weight is 376 g/mol. The van der Waals surface area contributed by atoms with Crippen LogP contribution in [-0.2, 0) is 23.6 Å². The highest BCUT2D eigenvalue weighted by atomic mass is 32.2. The second-order valence-electron chi connectivity index (χ2n) is 6.46. The van der Waals surface area contributed by atoms with Crippen molar-refractivity contribution in [2.24, 2.45) is 7.05 Å². The Hall–Kier alpha value is -2.19. The molecule has 1 fully saturated rings. The van der Waals surface area contributed by atoms with Crippen molar-refractivity contribution in [3.63, 3.8) is 0 Å². The number of hydrogen-bond acceptors (Lipinski definition) is 4. The third-order valence-electron chi connectivity index (χ3n) is 4.69. The Labute approximate surface area is 153 Å². The van der Waals surface area contributed by atoms with Crippen molar-refractivity contribution in [1.82, 2.24) is 18.7 Å². The lowest BCUT2D eigenvalue weighted by Crippen LogP contribution is -2.39. The number of aryl methyl sites for hydroxylation is 1. The van der Waals surface area contributed by atoms with Gasteiger partial charge >= 0.3 is 5.69 Å². The van der Waals surface area contributed by atoms with E-state index >= 15 is 0 Å². The molecule has 0 amide bonds. The summed E-state index contributed by atoms with van der Waals surface area (Å²) in [6, 6.07) is 9.35. The highest BCUT2D eigenvalue weighted by Gasteiger charge is 2.31. The molecule has 1 aromatic carbocycles. The molecule has 26 heavy (non-hydrogen) atoms. The highest BCUT2D eigenvalue weighted by Crippen LogP contribution is 2.27. The zero-order valence-electron chi connectivity index (χ0n) is 15.1. The zero-order chi connectivity index (χ0) is 18.7. The number of aromatic nitrogens is 3. The maximum Gasteiger partial charge on any atom is 0.345 e. The van der Waals surface area contributed by atoms with E-state index < -0.39 is 10.0 Å². The fraction of sp³-hybridized carbons (Fsp3) is 0.444. The molecule has 0 saturated carbocycles. The first-order valence-electron chi connectivity index (χ1n) is 8.79. The van der Waals surface area contributed by atoms with Crippen LogP contribution in [0.15, 0.2) is 40.5 Å². The van der Waals surface area contributed by atoms with Gasteiger partial charge in [0, 0.05) is 38.0 Å². The molecule has 1 aliphatic rings. The van der Waals surface area contributed by atoms with Crippen LogP contribution in [0.2, 0.25) is 0 Å². The molecule has 0 spiro atoms. The standard InChI is InChI=1S/C18H24N4O3S/c1-3-22-17(19-20(2)18(22)23)16-10-7-12-21(14-16)26(24,25)13-11-15-8-5-4-6-9-15/h4-6,8-9,11,13,16H,3,7,10,12,14H2,1-2H3/b13-11+/t16-/m1/s1. The molecule has 3 rings (SSSR count). The van der Waals surface area contributed by atoms with Crippen molar-refractivity contribution in [3.05, 3.63) is 57.6 Å². The Morgan fingerprint density at radius 1 is 1.27 bits per heavy atom. The van der Waals surface area contributed by atoms with E-state index in [-0.39, 0.29) is 11.6 Å².